The van der Waals surface area contributed by atoms with Crippen LogP contribution in [0.1, 0.15) is 25.3 Å². The molecular weight excluding hydrogens is 242 g/mol. The van der Waals surface area contributed by atoms with E-state index in [1.54, 1.807) is 24.3 Å². The van der Waals surface area contributed by atoms with Crippen LogP contribution in [0.4, 0.5) is 5.69 Å². The van der Waals surface area contributed by atoms with E-state index in [2.05, 4.69) is 5.32 Å². The summed E-state index contributed by atoms with van der Waals surface area (Å²) in [7, 11) is 0. The average molecular weight is 257 g/mol. The highest BCUT2D eigenvalue weighted by molar-refractivity contribution is 5.98. The zero-order valence-electron chi connectivity index (χ0n) is 10.7. The maximum absolute atomic E-state index is 11.8. The molecule has 98 valence electrons. The Morgan fingerprint density at radius 1 is 1.42 bits per heavy atom. The molecule has 0 aliphatic heterocycles. The van der Waals surface area contributed by atoms with Crippen LogP contribution in [-0.2, 0) is 9.59 Å². The Kier molecular flexibility index (Phi) is 3.81. The lowest BCUT2D eigenvalue weighted by Gasteiger charge is -2.21. The summed E-state index contributed by atoms with van der Waals surface area (Å²) in [4.78, 5) is 24.8. The molecule has 1 aliphatic carbocycles. The van der Waals surface area contributed by atoms with Crippen LogP contribution < -0.4 is 10.2 Å². The van der Waals surface area contributed by atoms with Crippen molar-refractivity contribution >= 4 is 17.5 Å². The molecule has 0 atom stereocenters. The van der Waals surface area contributed by atoms with E-state index in [1.807, 2.05) is 6.07 Å². The molecule has 1 aliphatic rings. The molecule has 5 nitrogen and oxygen atoms in total. The predicted octanol–water partition coefficient (Wildman–Crippen LogP) is 1.19. The number of nitriles is 1. The molecule has 1 aromatic carbocycles. The Hall–Kier alpha value is -2.35. The second-order valence-corrected chi connectivity index (χ2v) is 4.58. The van der Waals surface area contributed by atoms with Crippen LogP contribution in [-0.4, -0.2) is 24.4 Å². The number of para-hydroxylation sites is 1. The summed E-state index contributed by atoms with van der Waals surface area (Å²) in [5.74, 6) is -0.445. The summed E-state index contributed by atoms with van der Waals surface area (Å²) in [5, 5.41) is 11.9. The molecule has 1 N–H and O–H groups in total. The number of amides is 2. The van der Waals surface area contributed by atoms with Crippen LogP contribution in [0.15, 0.2) is 24.3 Å². The number of anilines is 1. The van der Waals surface area contributed by atoms with Gasteiger partial charge >= 0.3 is 0 Å². The summed E-state index contributed by atoms with van der Waals surface area (Å²) >= 11 is 0. The molecule has 0 heterocycles. The van der Waals surface area contributed by atoms with Crippen molar-refractivity contribution in [2.24, 2.45) is 0 Å². The molecule has 1 aromatic rings. The number of rotatable bonds is 4. The maximum Gasteiger partial charge on any atom is 0.240 e. The molecule has 0 aromatic heterocycles. The molecule has 2 rings (SSSR count). The third-order valence-electron chi connectivity index (χ3n) is 2.94. The molecule has 19 heavy (non-hydrogen) atoms. The molecule has 0 spiro atoms. The maximum atomic E-state index is 11.8. The Morgan fingerprint density at radius 2 is 2.11 bits per heavy atom. The highest BCUT2D eigenvalue weighted by atomic mass is 16.2. The van der Waals surface area contributed by atoms with Crippen molar-refractivity contribution in [1.82, 2.24) is 5.32 Å². The molecule has 1 fully saturated rings. The average Bonchev–Trinajstić information content (AvgIpc) is 3.19. The van der Waals surface area contributed by atoms with Crippen molar-refractivity contribution in [1.29, 1.82) is 5.26 Å². The number of benzene rings is 1. The third kappa shape index (κ3) is 3.32. The minimum Gasteiger partial charge on any atom is -0.352 e. The smallest absolute Gasteiger partial charge is 0.240 e. The van der Waals surface area contributed by atoms with Gasteiger partial charge in [-0.1, -0.05) is 12.1 Å². The first-order valence-corrected chi connectivity index (χ1v) is 6.18. The Labute approximate surface area is 111 Å². The first kappa shape index (κ1) is 13.1. The lowest BCUT2D eigenvalue weighted by molar-refractivity contribution is -0.123. The quantitative estimate of drug-likeness (QED) is 0.880. The van der Waals surface area contributed by atoms with Crippen molar-refractivity contribution in [2.75, 3.05) is 11.4 Å². The summed E-state index contributed by atoms with van der Waals surface area (Å²) < 4.78 is 0. The molecule has 0 unspecified atom stereocenters. The normalized spacial score (nSPS) is 13.5. The molecule has 5 heteroatoms. The lowest BCUT2D eigenvalue weighted by Crippen LogP contribution is -2.40. The molecule has 0 saturated heterocycles. The van der Waals surface area contributed by atoms with E-state index in [4.69, 9.17) is 5.26 Å². The van der Waals surface area contributed by atoms with E-state index >= 15 is 0 Å². The third-order valence-corrected chi connectivity index (χ3v) is 2.94. The number of carbonyl (C=O) groups is 2. The van der Waals surface area contributed by atoms with Crippen LogP contribution in [0.3, 0.4) is 0 Å². The van der Waals surface area contributed by atoms with Gasteiger partial charge in [0, 0.05) is 13.0 Å². The van der Waals surface area contributed by atoms with Gasteiger partial charge in [0.05, 0.1) is 11.3 Å². The SMILES string of the molecule is CC(=O)N(CC(=O)NC1CC1)c1ccccc1C#N. The minimum atomic E-state index is -0.256. The Morgan fingerprint density at radius 3 is 2.68 bits per heavy atom. The van der Waals surface area contributed by atoms with Gasteiger partial charge in [-0.2, -0.15) is 5.26 Å². The minimum absolute atomic E-state index is 0.0511. The number of nitrogens with zero attached hydrogens (tertiary/aromatic N) is 2. The van der Waals surface area contributed by atoms with Crippen molar-refractivity contribution in [2.45, 2.75) is 25.8 Å². The van der Waals surface area contributed by atoms with Gasteiger partial charge in [-0.3, -0.25) is 9.59 Å². The Balaban J connectivity index is 2.17. The molecular formula is C14H15N3O2. The second kappa shape index (κ2) is 5.53. The van der Waals surface area contributed by atoms with E-state index in [0.29, 0.717) is 11.3 Å². The van der Waals surface area contributed by atoms with Crippen molar-refractivity contribution in [3.05, 3.63) is 29.8 Å². The zero-order chi connectivity index (χ0) is 13.8. The van der Waals surface area contributed by atoms with E-state index < -0.39 is 0 Å². The Bertz CT molecular complexity index is 544. The monoisotopic (exact) mass is 257 g/mol. The fourth-order valence-corrected chi connectivity index (χ4v) is 1.81. The van der Waals surface area contributed by atoms with Crippen LogP contribution in [0.5, 0.6) is 0 Å². The first-order chi connectivity index (χ1) is 9.11. The molecule has 0 radical (unpaired) electrons. The summed E-state index contributed by atoms with van der Waals surface area (Å²) in [5.41, 5.74) is 0.861. The van der Waals surface area contributed by atoms with Gasteiger partial charge in [-0.25, -0.2) is 0 Å². The molecule has 1 saturated carbocycles. The number of nitrogens with one attached hydrogen (secondary N) is 1. The number of carbonyl (C=O) groups excluding carboxylic acids is 2. The number of hydrogen-bond acceptors (Lipinski definition) is 3. The predicted molar refractivity (Wildman–Crippen MR) is 70.3 cm³/mol. The fraction of sp³-hybridized carbons (Fsp3) is 0.357. The standard InChI is InChI=1S/C14H15N3O2/c1-10(18)17(9-14(19)16-12-6-7-12)13-5-3-2-4-11(13)8-15/h2-5,12H,6-7,9H2,1H3,(H,16,19). The van der Waals surface area contributed by atoms with Gasteiger partial charge in [0.25, 0.3) is 0 Å². The first-order valence-electron chi connectivity index (χ1n) is 6.18. The summed E-state index contributed by atoms with van der Waals surface area (Å²) in [6.45, 7) is 1.34. The van der Waals surface area contributed by atoms with Gasteiger partial charge in [0.2, 0.25) is 11.8 Å². The van der Waals surface area contributed by atoms with E-state index in [0.717, 1.165) is 12.8 Å². The molecule has 2 amide bonds. The van der Waals surface area contributed by atoms with Crippen LogP contribution in [0, 0.1) is 11.3 Å². The summed E-state index contributed by atoms with van der Waals surface area (Å²) in [6.07, 6.45) is 2.00. The van der Waals surface area contributed by atoms with Crippen LogP contribution >= 0.6 is 0 Å². The highest BCUT2D eigenvalue weighted by Crippen LogP contribution is 2.21. The van der Waals surface area contributed by atoms with E-state index in [1.165, 1.54) is 11.8 Å². The second-order valence-electron chi connectivity index (χ2n) is 4.58. The number of hydrogen-bond donors (Lipinski definition) is 1. The van der Waals surface area contributed by atoms with E-state index in [9.17, 15) is 9.59 Å². The summed E-state index contributed by atoms with van der Waals surface area (Å²) in [6, 6.07) is 9.06. The van der Waals surface area contributed by atoms with Crippen LogP contribution in [0.25, 0.3) is 0 Å². The van der Waals surface area contributed by atoms with Gasteiger partial charge in [0.15, 0.2) is 0 Å². The van der Waals surface area contributed by atoms with Gasteiger partial charge < -0.3 is 10.2 Å². The lowest BCUT2D eigenvalue weighted by atomic mass is 10.1. The van der Waals surface area contributed by atoms with Crippen LogP contribution in [0.2, 0.25) is 0 Å². The highest BCUT2D eigenvalue weighted by Gasteiger charge is 2.25. The zero-order valence-corrected chi connectivity index (χ0v) is 10.7. The van der Waals surface area contributed by atoms with Crippen molar-refractivity contribution < 1.29 is 9.59 Å². The molecule has 0 bridgehead atoms. The van der Waals surface area contributed by atoms with Crippen molar-refractivity contribution in [3.8, 4) is 6.07 Å². The largest absolute Gasteiger partial charge is 0.352 e. The fourth-order valence-electron chi connectivity index (χ4n) is 1.81. The topological polar surface area (TPSA) is 73.2 Å². The van der Waals surface area contributed by atoms with Gasteiger partial charge in [-0.05, 0) is 25.0 Å². The van der Waals surface area contributed by atoms with Crippen molar-refractivity contribution in [3.63, 3.8) is 0 Å². The van der Waals surface area contributed by atoms with Gasteiger partial charge in [-0.15, -0.1) is 0 Å². The van der Waals surface area contributed by atoms with E-state index in [-0.39, 0.29) is 24.4 Å². The van der Waals surface area contributed by atoms with Gasteiger partial charge in [0.1, 0.15) is 12.6 Å².